The van der Waals surface area contributed by atoms with Crippen molar-refractivity contribution in [3.05, 3.63) is 28.5 Å². The predicted molar refractivity (Wildman–Crippen MR) is 68.3 cm³/mol. The molecule has 92 valence electrons. The van der Waals surface area contributed by atoms with E-state index in [0.29, 0.717) is 10.6 Å². The van der Waals surface area contributed by atoms with Crippen LogP contribution in [-0.2, 0) is 0 Å². The van der Waals surface area contributed by atoms with Gasteiger partial charge in [0.05, 0.1) is 10.6 Å². The third-order valence-electron chi connectivity index (χ3n) is 3.00. The summed E-state index contributed by atoms with van der Waals surface area (Å²) in [5.41, 5.74) is 1.28. The summed E-state index contributed by atoms with van der Waals surface area (Å²) >= 11 is 6.03. The molecule has 0 radical (unpaired) electrons. The predicted octanol–water partition coefficient (Wildman–Crippen LogP) is 2.96. The SMILES string of the molecule is Cc1cc(Cl)c(C(=O)NC(C)CC2CC2)cn1. The van der Waals surface area contributed by atoms with Crippen LogP contribution in [0.3, 0.4) is 0 Å². The first-order valence-electron chi connectivity index (χ1n) is 5.99. The maximum absolute atomic E-state index is 12.0. The van der Waals surface area contributed by atoms with Gasteiger partial charge >= 0.3 is 0 Å². The molecule has 0 aliphatic heterocycles. The first-order valence-corrected chi connectivity index (χ1v) is 6.37. The average molecular weight is 253 g/mol. The van der Waals surface area contributed by atoms with Crippen LogP contribution in [0.4, 0.5) is 0 Å². The minimum absolute atomic E-state index is 0.129. The molecule has 1 amide bonds. The van der Waals surface area contributed by atoms with Gasteiger partial charge in [-0.25, -0.2) is 0 Å². The second-order valence-electron chi connectivity index (χ2n) is 4.86. The van der Waals surface area contributed by atoms with Crippen LogP contribution in [0.1, 0.15) is 42.2 Å². The van der Waals surface area contributed by atoms with Crippen molar-refractivity contribution in [2.24, 2.45) is 5.92 Å². The lowest BCUT2D eigenvalue weighted by Gasteiger charge is -2.13. The largest absolute Gasteiger partial charge is 0.349 e. The Morgan fingerprint density at radius 2 is 2.35 bits per heavy atom. The lowest BCUT2D eigenvalue weighted by atomic mass is 10.1. The van der Waals surface area contributed by atoms with Crippen LogP contribution in [0.15, 0.2) is 12.3 Å². The molecule has 1 fully saturated rings. The number of nitrogens with one attached hydrogen (secondary N) is 1. The number of nitrogens with zero attached hydrogens (tertiary/aromatic N) is 1. The number of carbonyl (C=O) groups excluding carboxylic acids is 1. The number of amides is 1. The first kappa shape index (κ1) is 12.4. The highest BCUT2D eigenvalue weighted by molar-refractivity contribution is 6.33. The van der Waals surface area contributed by atoms with Gasteiger partial charge in [0, 0.05) is 17.9 Å². The van der Waals surface area contributed by atoms with Gasteiger partial charge in [-0.15, -0.1) is 0 Å². The zero-order valence-corrected chi connectivity index (χ0v) is 10.9. The van der Waals surface area contributed by atoms with Gasteiger partial charge < -0.3 is 5.32 Å². The van der Waals surface area contributed by atoms with Crippen LogP contribution in [-0.4, -0.2) is 16.9 Å². The Morgan fingerprint density at radius 3 is 2.94 bits per heavy atom. The number of halogens is 1. The molecule has 0 spiro atoms. The van der Waals surface area contributed by atoms with Gasteiger partial charge in [-0.1, -0.05) is 24.4 Å². The first-order chi connectivity index (χ1) is 8.06. The molecule has 1 N–H and O–H groups in total. The Labute approximate surface area is 107 Å². The van der Waals surface area contributed by atoms with E-state index in [1.54, 1.807) is 6.07 Å². The molecule has 1 aliphatic carbocycles. The maximum Gasteiger partial charge on any atom is 0.254 e. The second-order valence-corrected chi connectivity index (χ2v) is 5.27. The molecule has 0 saturated heterocycles. The summed E-state index contributed by atoms with van der Waals surface area (Å²) in [7, 11) is 0. The molecule has 0 aromatic carbocycles. The highest BCUT2D eigenvalue weighted by Crippen LogP contribution is 2.33. The quantitative estimate of drug-likeness (QED) is 0.895. The molecular weight excluding hydrogens is 236 g/mol. The lowest BCUT2D eigenvalue weighted by molar-refractivity contribution is 0.0937. The van der Waals surface area contributed by atoms with E-state index in [4.69, 9.17) is 11.6 Å². The van der Waals surface area contributed by atoms with E-state index in [0.717, 1.165) is 18.0 Å². The maximum atomic E-state index is 12.0. The Balaban J connectivity index is 1.98. The summed E-state index contributed by atoms with van der Waals surface area (Å²) in [4.78, 5) is 16.0. The molecule has 1 aromatic rings. The molecule has 3 nitrogen and oxygen atoms in total. The highest BCUT2D eigenvalue weighted by atomic mass is 35.5. The van der Waals surface area contributed by atoms with E-state index >= 15 is 0 Å². The van der Waals surface area contributed by atoms with E-state index in [1.807, 2.05) is 13.8 Å². The summed E-state index contributed by atoms with van der Waals surface area (Å²) in [6.07, 6.45) is 5.19. The molecule has 0 bridgehead atoms. The molecule has 4 heteroatoms. The van der Waals surface area contributed by atoms with Gasteiger partial charge in [0.15, 0.2) is 0 Å². The molecule has 2 rings (SSSR count). The second kappa shape index (κ2) is 5.05. The van der Waals surface area contributed by atoms with Crippen molar-refractivity contribution < 1.29 is 4.79 Å². The standard InChI is InChI=1S/C13H17ClN2O/c1-8-6-12(14)11(7-15-8)13(17)16-9(2)5-10-3-4-10/h6-7,9-10H,3-5H2,1-2H3,(H,16,17). The third kappa shape index (κ3) is 3.43. The van der Waals surface area contributed by atoms with Gasteiger partial charge in [0.2, 0.25) is 0 Å². The molecule has 1 saturated carbocycles. The smallest absolute Gasteiger partial charge is 0.254 e. The fraction of sp³-hybridized carbons (Fsp3) is 0.538. The van der Waals surface area contributed by atoms with Crippen molar-refractivity contribution in [1.82, 2.24) is 10.3 Å². The van der Waals surface area contributed by atoms with E-state index in [2.05, 4.69) is 10.3 Å². The van der Waals surface area contributed by atoms with E-state index < -0.39 is 0 Å². The highest BCUT2D eigenvalue weighted by Gasteiger charge is 2.24. The van der Waals surface area contributed by atoms with Gasteiger partial charge in [0.1, 0.15) is 0 Å². The van der Waals surface area contributed by atoms with Crippen LogP contribution in [0.25, 0.3) is 0 Å². The fourth-order valence-corrected chi connectivity index (χ4v) is 2.20. The fourth-order valence-electron chi connectivity index (χ4n) is 1.91. The number of hydrogen-bond donors (Lipinski definition) is 1. The number of aryl methyl sites for hydroxylation is 1. The number of hydrogen-bond acceptors (Lipinski definition) is 2. The summed E-state index contributed by atoms with van der Waals surface area (Å²) in [5.74, 6) is 0.674. The molecule has 1 aromatic heterocycles. The Morgan fingerprint density at radius 1 is 1.65 bits per heavy atom. The van der Waals surface area contributed by atoms with Crippen LogP contribution in [0.5, 0.6) is 0 Å². The Bertz CT molecular complexity index is 429. The van der Waals surface area contributed by atoms with E-state index in [9.17, 15) is 4.79 Å². The van der Waals surface area contributed by atoms with Crippen LogP contribution < -0.4 is 5.32 Å². The summed E-state index contributed by atoms with van der Waals surface area (Å²) < 4.78 is 0. The zero-order chi connectivity index (χ0) is 12.4. The zero-order valence-electron chi connectivity index (χ0n) is 10.2. The van der Waals surface area contributed by atoms with Gasteiger partial charge in [-0.05, 0) is 32.3 Å². The van der Waals surface area contributed by atoms with Crippen molar-refractivity contribution in [2.45, 2.75) is 39.2 Å². The Kier molecular flexibility index (Phi) is 3.67. The van der Waals surface area contributed by atoms with Crippen molar-refractivity contribution >= 4 is 17.5 Å². The molecule has 1 unspecified atom stereocenters. The number of pyridine rings is 1. The summed E-state index contributed by atoms with van der Waals surface area (Å²) in [6.45, 7) is 3.88. The minimum atomic E-state index is -0.129. The topological polar surface area (TPSA) is 42.0 Å². The minimum Gasteiger partial charge on any atom is -0.349 e. The van der Waals surface area contributed by atoms with Crippen molar-refractivity contribution in [3.63, 3.8) is 0 Å². The summed E-state index contributed by atoms with van der Waals surface area (Å²) in [6, 6.07) is 1.91. The molecule has 1 aliphatic rings. The molecule has 17 heavy (non-hydrogen) atoms. The number of carbonyl (C=O) groups is 1. The lowest BCUT2D eigenvalue weighted by Crippen LogP contribution is -2.33. The summed E-state index contributed by atoms with van der Waals surface area (Å²) in [5, 5.41) is 3.43. The average Bonchev–Trinajstić information content (AvgIpc) is 3.00. The number of aromatic nitrogens is 1. The van der Waals surface area contributed by atoms with E-state index in [1.165, 1.54) is 19.0 Å². The Hall–Kier alpha value is -1.09. The molecule has 1 atom stereocenters. The van der Waals surface area contributed by atoms with Crippen LogP contribution in [0.2, 0.25) is 5.02 Å². The van der Waals surface area contributed by atoms with Gasteiger partial charge in [-0.3, -0.25) is 9.78 Å². The van der Waals surface area contributed by atoms with Crippen LogP contribution in [0, 0.1) is 12.8 Å². The van der Waals surface area contributed by atoms with E-state index in [-0.39, 0.29) is 11.9 Å². The van der Waals surface area contributed by atoms with Gasteiger partial charge in [-0.2, -0.15) is 0 Å². The van der Waals surface area contributed by atoms with Crippen molar-refractivity contribution in [2.75, 3.05) is 0 Å². The van der Waals surface area contributed by atoms with Crippen LogP contribution >= 0.6 is 11.6 Å². The third-order valence-corrected chi connectivity index (χ3v) is 3.31. The number of rotatable bonds is 4. The molecular formula is C13H17ClN2O. The monoisotopic (exact) mass is 252 g/mol. The van der Waals surface area contributed by atoms with Gasteiger partial charge in [0.25, 0.3) is 5.91 Å². The van der Waals surface area contributed by atoms with Crippen molar-refractivity contribution in [3.8, 4) is 0 Å². The van der Waals surface area contributed by atoms with Crippen molar-refractivity contribution in [1.29, 1.82) is 0 Å². The normalized spacial score (nSPS) is 16.6. The molecule has 1 heterocycles.